The van der Waals surface area contributed by atoms with Gasteiger partial charge in [-0.2, -0.15) is 5.26 Å². The summed E-state index contributed by atoms with van der Waals surface area (Å²) in [5.41, 5.74) is 0. The van der Waals surface area contributed by atoms with Crippen LogP contribution in [-0.4, -0.2) is 5.78 Å². The standard InChI is InChI=1S/C11H17NO/c1-4-6-10(8-12)9(3)7-11(13)5-2/h4,6,9-10H,5,7H2,1-3H3/b6-4+/t9-,10+/m1/s1. The van der Waals surface area contributed by atoms with E-state index in [2.05, 4.69) is 6.07 Å². The summed E-state index contributed by atoms with van der Waals surface area (Å²) < 4.78 is 0. The highest BCUT2D eigenvalue weighted by Gasteiger charge is 2.15. The van der Waals surface area contributed by atoms with Crippen molar-refractivity contribution in [1.29, 1.82) is 5.26 Å². The van der Waals surface area contributed by atoms with Gasteiger partial charge in [-0.15, -0.1) is 0 Å². The van der Waals surface area contributed by atoms with E-state index in [0.717, 1.165) is 0 Å². The first-order valence-electron chi connectivity index (χ1n) is 4.69. The molecule has 0 aromatic rings. The van der Waals surface area contributed by atoms with Gasteiger partial charge in [-0.25, -0.2) is 0 Å². The quantitative estimate of drug-likeness (QED) is 0.609. The number of carbonyl (C=O) groups is 1. The van der Waals surface area contributed by atoms with Crippen LogP contribution in [0.2, 0.25) is 0 Å². The minimum absolute atomic E-state index is 0.125. The smallest absolute Gasteiger partial charge is 0.132 e. The molecule has 0 heterocycles. The molecule has 0 amide bonds. The van der Waals surface area contributed by atoms with Crippen LogP contribution in [0.1, 0.15) is 33.6 Å². The van der Waals surface area contributed by atoms with Crippen LogP contribution >= 0.6 is 0 Å². The Kier molecular flexibility index (Phi) is 5.88. The van der Waals surface area contributed by atoms with Crippen molar-refractivity contribution in [3.63, 3.8) is 0 Å². The fourth-order valence-corrected chi connectivity index (χ4v) is 1.20. The number of nitrogens with zero attached hydrogens (tertiary/aromatic N) is 1. The van der Waals surface area contributed by atoms with Gasteiger partial charge in [0.15, 0.2) is 0 Å². The second kappa shape index (κ2) is 6.42. The third kappa shape index (κ3) is 4.47. The average molecular weight is 179 g/mol. The molecule has 2 nitrogen and oxygen atoms in total. The lowest BCUT2D eigenvalue weighted by Crippen LogP contribution is -2.12. The summed E-state index contributed by atoms with van der Waals surface area (Å²) in [6, 6.07) is 2.19. The highest BCUT2D eigenvalue weighted by atomic mass is 16.1. The molecule has 0 aliphatic rings. The summed E-state index contributed by atoms with van der Waals surface area (Å²) in [7, 11) is 0. The van der Waals surface area contributed by atoms with E-state index in [1.54, 1.807) is 0 Å². The SMILES string of the molecule is C/C=C/[C@@H](C#N)[C@H](C)CC(=O)CC. The molecule has 0 fully saturated rings. The monoisotopic (exact) mass is 179 g/mol. The Bertz CT molecular complexity index is 225. The van der Waals surface area contributed by atoms with Crippen LogP contribution in [0.25, 0.3) is 0 Å². The summed E-state index contributed by atoms with van der Waals surface area (Å²) in [6.07, 6.45) is 4.80. The summed E-state index contributed by atoms with van der Waals surface area (Å²) in [5, 5.41) is 8.80. The van der Waals surface area contributed by atoms with Gasteiger partial charge >= 0.3 is 0 Å². The minimum Gasteiger partial charge on any atom is -0.300 e. The maximum absolute atomic E-state index is 11.1. The molecule has 0 bridgehead atoms. The van der Waals surface area contributed by atoms with E-state index in [1.165, 1.54) is 0 Å². The third-order valence-corrected chi connectivity index (χ3v) is 2.11. The van der Waals surface area contributed by atoms with Crippen LogP contribution in [-0.2, 0) is 4.79 Å². The molecule has 0 aliphatic heterocycles. The van der Waals surface area contributed by atoms with Gasteiger partial charge in [-0.05, 0) is 12.8 Å². The van der Waals surface area contributed by atoms with Gasteiger partial charge < -0.3 is 0 Å². The van der Waals surface area contributed by atoms with Crippen molar-refractivity contribution >= 4 is 5.78 Å². The molecule has 0 aliphatic carbocycles. The van der Waals surface area contributed by atoms with Crippen LogP contribution < -0.4 is 0 Å². The van der Waals surface area contributed by atoms with Crippen LogP contribution in [0.4, 0.5) is 0 Å². The minimum atomic E-state index is -0.125. The number of allylic oxidation sites excluding steroid dienone is 2. The summed E-state index contributed by atoms with van der Waals surface area (Å²) in [4.78, 5) is 11.1. The van der Waals surface area contributed by atoms with Gasteiger partial charge in [0.25, 0.3) is 0 Å². The number of carbonyl (C=O) groups excluding carboxylic acids is 1. The molecule has 0 aromatic carbocycles. The van der Waals surface area contributed by atoms with Gasteiger partial charge in [-0.1, -0.05) is 26.0 Å². The van der Waals surface area contributed by atoms with E-state index < -0.39 is 0 Å². The second-order valence-electron chi connectivity index (χ2n) is 3.25. The van der Waals surface area contributed by atoms with E-state index in [0.29, 0.717) is 12.8 Å². The molecule has 0 radical (unpaired) electrons. The third-order valence-electron chi connectivity index (χ3n) is 2.11. The van der Waals surface area contributed by atoms with Crippen LogP contribution in [0.15, 0.2) is 12.2 Å². The second-order valence-corrected chi connectivity index (χ2v) is 3.25. The first kappa shape index (κ1) is 11.9. The topological polar surface area (TPSA) is 40.9 Å². The van der Waals surface area contributed by atoms with E-state index in [1.807, 2.05) is 32.9 Å². The zero-order valence-corrected chi connectivity index (χ0v) is 8.58. The molecule has 0 aromatic heterocycles. The molecule has 0 saturated carbocycles. The Morgan fingerprint density at radius 2 is 2.23 bits per heavy atom. The Labute approximate surface area is 80.3 Å². The average Bonchev–Trinajstić information content (AvgIpc) is 2.13. The first-order valence-corrected chi connectivity index (χ1v) is 4.69. The zero-order valence-electron chi connectivity index (χ0n) is 8.58. The summed E-state index contributed by atoms with van der Waals surface area (Å²) in [6.45, 7) is 5.69. The van der Waals surface area contributed by atoms with E-state index in [-0.39, 0.29) is 17.6 Å². The fourth-order valence-electron chi connectivity index (χ4n) is 1.20. The zero-order chi connectivity index (χ0) is 10.3. The molecule has 0 unspecified atom stereocenters. The predicted octanol–water partition coefficient (Wildman–Crippen LogP) is 2.71. The van der Waals surface area contributed by atoms with Crippen LogP contribution in [0.3, 0.4) is 0 Å². The number of nitriles is 1. The van der Waals surface area contributed by atoms with E-state index in [4.69, 9.17) is 5.26 Å². The molecule has 0 spiro atoms. The van der Waals surface area contributed by atoms with Crippen molar-refractivity contribution in [2.45, 2.75) is 33.6 Å². The molecule has 2 atom stereocenters. The van der Waals surface area contributed by atoms with Gasteiger partial charge in [0.1, 0.15) is 5.78 Å². The van der Waals surface area contributed by atoms with E-state index in [9.17, 15) is 4.79 Å². The van der Waals surface area contributed by atoms with E-state index >= 15 is 0 Å². The lowest BCUT2D eigenvalue weighted by Gasteiger charge is -2.12. The molecule has 13 heavy (non-hydrogen) atoms. The molecule has 0 saturated heterocycles. The Hall–Kier alpha value is -1.10. The maximum atomic E-state index is 11.1. The van der Waals surface area contributed by atoms with Crippen molar-refractivity contribution in [3.8, 4) is 6.07 Å². The Morgan fingerprint density at radius 1 is 1.62 bits per heavy atom. The van der Waals surface area contributed by atoms with Crippen LogP contribution in [0, 0.1) is 23.2 Å². The number of rotatable bonds is 5. The molecule has 0 N–H and O–H groups in total. The Morgan fingerprint density at radius 3 is 2.62 bits per heavy atom. The number of hydrogen-bond donors (Lipinski definition) is 0. The number of hydrogen-bond acceptors (Lipinski definition) is 2. The first-order chi connectivity index (χ1) is 6.15. The molecule has 2 heteroatoms. The molecular formula is C11H17NO. The summed E-state index contributed by atoms with van der Waals surface area (Å²) >= 11 is 0. The van der Waals surface area contributed by atoms with Gasteiger partial charge in [0, 0.05) is 12.8 Å². The molecular weight excluding hydrogens is 162 g/mol. The maximum Gasteiger partial charge on any atom is 0.132 e. The number of ketones is 1. The largest absolute Gasteiger partial charge is 0.300 e. The lowest BCUT2D eigenvalue weighted by molar-refractivity contribution is -0.119. The van der Waals surface area contributed by atoms with Crippen LogP contribution in [0.5, 0.6) is 0 Å². The van der Waals surface area contributed by atoms with Gasteiger partial charge in [0.2, 0.25) is 0 Å². The van der Waals surface area contributed by atoms with Gasteiger partial charge in [0.05, 0.1) is 12.0 Å². The lowest BCUT2D eigenvalue weighted by atomic mass is 9.90. The highest BCUT2D eigenvalue weighted by molar-refractivity contribution is 5.78. The summed E-state index contributed by atoms with van der Waals surface area (Å²) in [5.74, 6) is 0.242. The predicted molar refractivity (Wildman–Crippen MR) is 53.0 cm³/mol. The van der Waals surface area contributed by atoms with Crippen molar-refractivity contribution in [2.24, 2.45) is 11.8 Å². The fraction of sp³-hybridized carbons (Fsp3) is 0.636. The highest BCUT2D eigenvalue weighted by Crippen LogP contribution is 2.17. The Balaban J connectivity index is 4.15. The number of Topliss-reactive ketones (excluding diaryl/α,β-unsaturated/α-hetero) is 1. The van der Waals surface area contributed by atoms with Crippen molar-refractivity contribution < 1.29 is 4.79 Å². The van der Waals surface area contributed by atoms with Crippen molar-refractivity contribution in [2.75, 3.05) is 0 Å². The van der Waals surface area contributed by atoms with Crippen molar-refractivity contribution in [3.05, 3.63) is 12.2 Å². The molecule has 72 valence electrons. The molecule has 0 rings (SSSR count). The normalized spacial score (nSPS) is 15.2. The van der Waals surface area contributed by atoms with Gasteiger partial charge in [-0.3, -0.25) is 4.79 Å². The van der Waals surface area contributed by atoms with Crippen molar-refractivity contribution in [1.82, 2.24) is 0 Å².